The van der Waals surface area contributed by atoms with Gasteiger partial charge in [-0.3, -0.25) is 9.59 Å². The molecule has 3 rings (SSSR count). The van der Waals surface area contributed by atoms with E-state index in [-0.39, 0.29) is 23.3 Å². The smallest absolute Gasteiger partial charge is 0.335 e. The van der Waals surface area contributed by atoms with E-state index in [2.05, 4.69) is 5.32 Å². The van der Waals surface area contributed by atoms with Gasteiger partial charge in [0.05, 0.1) is 17.4 Å². The van der Waals surface area contributed by atoms with E-state index in [1.54, 1.807) is 6.07 Å². The van der Waals surface area contributed by atoms with Gasteiger partial charge in [0.15, 0.2) is 0 Å². The van der Waals surface area contributed by atoms with Crippen LogP contribution in [0.5, 0.6) is 0 Å². The quantitative estimate of drug-likeness (QED) is 0.736. The van der Waals surface area contributed by atoms with E-state index in [1.165, 1.54) is 18.2 Å². The zero-order valence-electron chi connectivity index (χ0n) is 11.6. The number of amides is 1. The van der Waals surface area contributed by atoms with Crippen LogP contribution in [-0.2, 0) is 9.59 Å². The third-order valence-corrected chi connectivity index (χ3v) is 4.42. The molecule has 1 fully saturated rings. The van der Waals surface area contributed by atoms with E-state index in [0.717, 1.165) is 0 Å². The highest BCUT2D eigenvalue weighted by Gasteiger charge is 2.51. The Bertz CT molecular complexity index is 681. The van der Waals surface area contributed by atoms with Crippen LogP contribution in [-0.4, -0.2) is 28.1 Å². The van der Waals surface area contributed by atoms with Crippen molar-refractivity contribution < 1.29 is 24.6 Å². The predicted molar refractivity (Wildman–Crippen MR) is 77.4 cm³/mol. The van der Waals surface area contributed by atoms with Gasteiger partial charge in [-0.2, -0.15) is 0 Å². The highest BCUT2D eigenvalue weighted by Crippen LogP contribution is 2.48. The lowest BCUT2D eigenvalue weighted by atomic mass is 9.82. The fourth-order valence-corrected chi connectivity index (χ4v) is 3.47. The maximum atomic E-state index is 12.4. The molecule has 2 aliphatic carbocycles. The number of anilines is 1. The second-order valence-electron chi connectivity index (χ2n) is 5.71. The molecule has 6 heteroatoms. The van der Waals surface area contributed by atoms with Crippen molar-refractivity contribution in [3.05, 3.63) is 42.0 Å². The molecule has 6 nitrogen and oxygen atoms in total. The fourth-order valence-electron chi connectivity index (χ4n) is 3.47. The Morgan fingerprint density at radius 1 is 1.05 bits per heavy atom. The first-order valence-corrected chi connectivity index (χ1v) is 7.02. The number of nitrogens with one attached hydrogen (secondary N) is 1. The van der Waals surface area contributed by atoms with Crippen LogP contribution in [0.25, 0.3) is 0 Å². The third-order valence-electron chi connectivity index (χ3n) is 4.42. The normalized spacial score (nSPS) is 28.5. The lowest BCUT2D eigenvalue weighted by molar-refractivity contribution is -0.146. The highest BCUT2D eigenvalue weighted by atomic mass is 16.4. The van der Waals surface area contributed by atoms with E-state index in [0.29, 0.717) is 12.1 Å². The maximum Gasteiger partial charge on any atom is 0.335 e. The Hall–Kier alpha value is -2.63. The van der Waals surface area contributed by atoms with Crippen LogP contribution in [0.2, 0.25) is 0 Å². The minimum Gasteiger partial charge on any atom is -0.481 e. The zero-order valence-corrected chi connectivity index (χ0v) is 11.6. The number of benzene rings is 1. The van der Waals surface area contributed by atoms with Gasteiger partial charge >= 0.3 is 11.9 Å². The second kappa shape index (κ2) is 5.29. The number of aliphatic carboxylic acids is 1. The number of fused-ring (bicyclic) bond motifs is 2. The molecule has 0 spiro atoms. The number of hydrogen-bond donors (Lipinski definition) is 3. The number of allylic oxidation sites excluding steroid dienone is 2. The summed E-state index contributed by atoms with van der Waals surface area (Å²) >= 11 is 0. The Balaban J connectivity index is 1.80. The average molecular weight is 301 g/mol. The summed E-state index contributed by atoms with van der Waals surface area (Å²) in [7, 11) is 0. The maximum absolute atomic E-state index is 12.4. The fraction of sp³-hybridized carbons (Fsp3) is 0.312. The van der Waals surface area contributed by atoms with Crippen LogP contribution in [0.15, 0.2) is 36.4 Å². The molecule has 2 aliphatic rings. The summed E-state index contributed by atoms with van der Waals surface area (Å²) in [5.74, 6) is -3.89. The Kier molecular flexibility index (Phi) is 3.44. The van der Waals surface area contributed by atoms with E-state index < -0.39 is 23.8 Å². The van der Waals surface area contributed by atoms with Crippen molar-refractivity contribution in [3.63, 3.8) is 0 Å². The highest BCUT2D eigenvalue weighted by molar-refractivity contribution is 5.97. The van der Waals surface area contributed by atoms with Crippen LogP contribution < -0.4 is 5.32 Å². The Morgan fingerprint density at radius 2 is 1.73 bits per heavy atom. The molecule has 1 amide bonds. The van der Waals surface area contributed by atoms with Gasteiger partial charge in [-0.25, -0.2) is 4.79 Å². The number of rotatable bonds is 4. The standard InChI is InChI=1S/C16H15NO5/c18-14(17-11-3-1-2-10(7-11)15(19)20)12-8-4-5-9(6-8)13(12)16(21)22/h1-5,7-9,12-13H,6H2,(H,17,18)(H,19,20)(H,21,22)/t8-,9-,12+,13+/m0/s1. The molecule has 1 saturated carbocycles. The minimum atomic E-state index is -1.08. The first-order valence-electron chi connectivity index (χ1n) is 7.02. The zero-order chi connectivity index (χ0) is 15.9. The molecule has 2 bridgehead atoms. The van der Waals surface area contributed by atoms with Crippen molar-refractivity contribution in [2.75, 3.05) is 5.32 Å². The summed E-state index contributed by atoms with van der Waals surface area (Å²) in [6, 6.07) is 5.91. The van der Waals surface area contributed by atoms with Crippen LogP contribution in [0.3, 0.4) is 0 Å². The molecule has 0 radical (unpaired) electrons. The Morgan fingerprint density at radius 3 is 2.36 bits per heavy atom. The van der Waals surface area contributed by atoms with Gasteiger partial charge in [0, 0.05) is 5.69 Å². The molecule has 1 aromatic rings. The monoisotopic (exact) mass is 301 g/mol. The Labute approximate surface area is 126 Å². The molecule has 114 valence electrons. The summed E-state index contributed by atoms with van der Waals surface area (Å²) in [6.45, 7) is 0. The molecular weight excluding hydrogens is 286 g/mol. The molecule has 0 aliphatic heterocycles. The van der Waals surface area contributed by atoms with Gasteiger partial charge in [-0.15, -0.1) is 0 Å². The lowest BCUT2D eigenvalue weighted by Gasteiger charge is -2.23. The van der Waals surface area contributed by atoms with Crippen molar-refractivity contribution in [2.24, 2.45) is 23.7 Å². The summed E-state index contributed by atoms with van der Waals surface area (Å²) < 4.78 is 0. The summed E-state index contributed by atoms with van der Waals surface area (Å²) in [4.78, 5) is 34.8. The first-order chi connectivity index (χ1) is 10.5. The van der Waals surface area contributed by atoms with Gasteiger partial charge in [0.2, 0.25) is 5.91 Å². The third kappa shape index (κ3) is 2.36. The van der Waals surface area contributed by atoms with Crippen molar-refractivity contribution in [1.29, 1.82) is 0 Å². The van der Waals surface area contributed by atoms with Crippen molar-refractivity contribution in [3.8, 4) is 0 Å². The van der Waals surface area contributed by atoms with Crippen LogP contribution >= 0.6 is 0 Å². The molecule has 0 aromatic heterocycles. The first kappa shape index (κ1) is 14.3. The van der Waals surface area contributed by atoms with E-state index in [1.807, 2.05) is 12.2 Å². The van der Waals surface area contributed by atoms with Gasteiger partial charge in [0.25, 0.3) is 0 Å². The topological polar surface area (TPSA) is 104 Å². The molecule has 3 N–H and O–H groups in total. The second-order valence-corrected chi connectivity index (χ2v) is 5.71. The molecule has 1 aromatic carbocycles. The van der Waals surface area contributed by atoms with E-state index >= 15 is 0 Å². The van der Waals surface area contributed by atoms with E-state index in [9.17, 15) is 19.5 Å². The van der Waals surface area contributed by atoms with Crippen molar-refractivity contribution in [2.45, 2.75) is 6.42 Å². The van der Waals surface area contributed by atoms with Gasteiger partial charge in [-0.05, 0) is 36.5 Å². The molecule has 22 heavy (non-hydrogen) atoms. The molecule has 0 unspecified atom stereocenters. The molecular formula is C16H15NO5. The van der Waals surface area contributed by atoms with Gasteiger partial charge < -0.3 is 15.5 Å². The van der Waals surface area contributed by atoms with Crippen molar-refractivity contribution in [1.82, 2.24) is 0 Å². The van der Waals surface area contributed by atoms with E-state index in [4.69, 9.17) is 5.11 Å². The lowest BCUT2D eigenvalue weighted by Crippen LogP contribution is -2.36. The van der Waals surface area contributed by atoms with Gasteiger partial charge in [-0.1, -0.05) is 18.2 Å². The van der Waals surface area contributed by atoms with Crippen molar-refractivity contribution >= 4 is 23.5 Å². The number of aromatic carboxylic acids is 1. The molecule has 4 atom stereocenters. The number of carbonyl (C=O) groups is 3. The summed E-state index contributed by atoms with van der Waals surface area (Å²) in [5, 5.41) is 21.0. The molecule has 0 heterocycles. The SMILES string of the molecule is O=C(O)c1cccc(NC(=O)[C@H]2[C@H](C(=O)O)[C@H]3C=C[C@H]2C3)c1. The number of carbonyl (C=O) groups excluding carboxylic acids is 1. The number of carboxylic acids is 2. The van der Waals surface area contributed by atoms with Crippen LogP contribution in [0, 0.1) is 23.7 Å². The number of carboxylic acid groups (broad SMARTS) is 2. The largest absolute Gasteiger partial charge is 0.481 e. The van der Waals surface area contributed by atoms with Crippen LogP contribution in [0.1, 0.15) is 16.8 Å². The number of hydrogen-bond acceptors (Lipinski definition) is 3. The minimum absolute atomic E-state index is 0.0613. The van der Waals surface area contributed by atoms with Crippen LogP contribution in [0.4, 0.5) is 5.69 Å². The predicted octanol–water partition coefficient (Wildman–Crippen LogP) is 1.85. The van der Waals surface area contributed by atoms with Gasteiger partial charge in [0.1, 0.15) is 0 Å². The summed E-state index contributed by atoms with van der Waals surface area (Å²) in [6.07, 6.45) is 4.46. The average Bonchev–Trinajstić information content (AvgIpc) is 3.07. The summed E-state index contributed by atoms with van der Waals surface area (Å²) in [5.41, 5.74) is 0.432. The molecule has 0 saturated heterocycles.